The summed E-state index contributed by atoms with van der Waals surface area (Å²) in [6.45, 7) is 2.90. The summed E-state index contributed by atoms with van der Waals surface area (Å²) in [4.78, 5) is 12.0. The van der Waals surface area contributed by atoms with Crippen LogP contribution < -0.4 is 5.32 Å². The van der Waals surface area contributed by atoms with E-state index in [1.54, 1.807) is 0 Å². The van der Waals surface area contributed by atoms with Gasteiger partial charge in [0.2, 0.25) is 0 Å². The van der Waals surface area contributed by atoms with Gasteiger partial charge in [0.05, 0.1) is 11.3 Å². The summed E-state index contributed by atoms with van der Waals surface area (Å²) in [7, 11) is -2.94. The first-order valence-electron chi connectivity index (χ1n) is 5.86. The van der Waals surface area contributed by atoms with E-state index in [-0.39, 0.29) is 17.1 Å². The Morgan fingerprint density at radius 3 is 2.56 bits per heavy atom. The third kappa shape index (κ3) is 3.56. The molecule has 0 radical (unpaired) electrons. The Labute approximate surface area is 97.7 Å². The number of rotatable bonds is 6. The van der Waals surface area contributed by atoms with Crippen LogP contribution in [-0.4, -0.2) is 38.3 Å². The van der Waals surface area contributed by atoms with Crippen molar-refractivity contribution in [2.24, 2.45) is 0 Å². The lowest BCUT2D eigenvalue weighted by Crippen LogP contribution is -2.47. The predicted molar refractivity (Wildman–Crippen MR) is 64.2 cm³/mol. The van der Waals surface area contributed by atoms with Crippen molar-refractivity contribution in [2.45, 2.75) is 44.6 Å². The zero-order valence-electron chi connectivity index (χ0n) is 10.1. The van der Waals surface area contributed by atoms with Crippen LogP contribution in [0.4, 0.5) is 0 Å². The predicted octanol–water partition coefficient (Wildman–Crippen LogP) is 0.912. The van der Waals surface area contributed by atoms with Crippen molar-refractivity contribution in [2.75, 3.05) is 18.6 Å². The lowest BCUT2D eigenvalue weighted by Gasteiger charge is -2.26. The largest absolute Gasteiger partial charge is 0.305 e. The van der Waals surface area contributed by atoms with E-state index in [0.29, 0.717) is 12.8 Å². The van der Waals surface area contributed by atoms with Gasteiger partial charge in [0.25, 0.3) is 0 Å². The molecule has 1 fully saturated rings. The first-order chi connectivity index (χ1) is 7.40. The van der Waals surface area contributed by atoms with Crippen molar-refractivity contribution >= 4 is 15.6 Å². The molecule has 1 heterocycles. The van der Waals surface area contributed by atoms with Crippen LogP contribution in [0.1, 0.15) is 39.0 Å². The van der Waals surface area contributed by atoms with Crippen LogP contribution in [0.15, 0.2) is 0 Å². The molecule has 0 aliphatic carbocycles. The highest BCUT2D eigenvalue weighted by atomic mass is 32.2. The Balaban J connectivity index is 2.45. The highest BCUT2D eigenvalue weighted by Gasteiger charge is 2.37. The molecule has 1 aliphatic rings. The molecule has 16 heavy (non-hydrogen) atoms. The molecule has 1 unspecified atom stereocenters. The molecule has 5 heteroatoms. The molecule has 1 N–H and O–H groups in total. The number of hydrogen-bond acceptors (Lipinski definition) is 4. The maximum absolute atomic E-state index is 12.0. The van der Waals surface area contributed by atoms with Crippen molar-refractivity contribution in [1.82, 2.24) is 5.32 Å². The van der Waals surface area contributed by atoms with E-state index in [2.05, 4.69) is 5.32 Å². The molecule has 0 spiro atoms. The van der Waals surface area contributed by atoms with E-state index in [1.807, 2.05) is 6.92 Å². The molecule has 0 aromatic heterocycles. The summed E-state index contributed by atoms with van der Waals surface area (Å²) in [5.74, 6) is 0.287. The Morgan fingerprint density at radius 2 is 2.12 bits per heavy atom. The van der Waals surface area contributed by atoms with Crippen LogP contribution >= 0.6 is 0 Å². The van der Waals surface area contributed by atoms with E-state index in [0.717, 1.165) is 25.8 Å². The minimum absolute atomic E-state index is 0.110. The van der Waals surface area contributed by atoms with Gasteiger partial charge in [-0.2, -0.15) is 0 Å². The zero-order valence-corrected chi connectivity index (χ0v) is 10.9. The fourth-order valence-corrected chi connectivity index (χ4v) is 2.95. The fraction of sp³-hybridized carbons (Fsp3) is 0.909. The van der Waals surface area contributed by atoms with Crippen LogP contribution in [0.3, 0.4) is 0 Å². The van der Waals surface area contributed by atoms with Crippen LogP contribution in [0.5, 0.6) is 0 Å². The molecule has 94 valence electrons. The molecule has 1 aliphatic heterocycles. The smallest absolute Gasteiger partial charge is 0.152 e. The van der Waals surface area contributed by atoms with Gasteiger partial charge in [-0.1, -0.05) is 6.92 Å². The number of Topliss-reactive ketones (excluding diaryl/α,β-unsaturated/α-hetero) is 1. The number of hydrogen-bond donors (Lipinski definition) is 1. The number of nitrogens with one attached hydrogen (secondary N) is 1. The fourth-order valence-electron chi connectivity index (χ4n) is 2.28. The number of sulfone groups is 1. The normalized spacial score (nSPS) is 25.9. The molecule has 1 atom stereocenters. The molecule has 0 bridgehead atoms. The molecule has 0 saturated carbocycles. The second kappa shape index (κ2) is 5.27. The third-order valence-electron chi connectivity index (χ3n) is 3.30. The van der Waals surface area contributed by atoms with E-state index >= 15 is 0 Å². The third-order valence-corrected chi connectivity index (χ3v) is 4.33. The van der Waals surface area contributed by atoms with Crippen LogP contribution in [0, 0.1) is 0 Å². The molecule has 0 aromatic rings. The number of carbonyl (C=O) groups excluding carboxylic acids is 1. The summed E-state index contributed by atoms with van der Waals surface area (Å²) in [5, 5.41) is 3.27. The van der Waals surface area contributed by atoms with Gasteiger partial charge >= 0.3 is 0 Å². The zero-order chi connectivity index (χ0) is 12.2. The van der Waals surface area contributed by atoms with E-state index in [1.165, 1.54) is 6.26 Å². The van der Waals surface area contributed by atoms with Crippen molar-refractivity contribution in [1.29, 1.82) is 0 Å². The minimum Gasteiger partial charge on any atom is -0.305 e. The monoisotopic (exact) mass is 247 g/mol. The maximum atomic E-state index is 12.0. The number of carbonyl (C=O) groups is 1. The standard InChI is InChI=1S/C11H21NO3S/c1-3-11(7-5-8-12-11)10(13)6-4-9-16(2,14)15/h12H,3-9H2,1-2H3. The molecular formula is C11H21NO3S. The van der Waals surface area contributed by atoms with Gasteiger partial charge < -0.3 is 5.32 Å². The van der Waals surface area contributed by atoms with Gasteiger partial charge in [0.15, 0.2) is 5.78 Å². The van der Waals surface area contributed by atoms with Crippen LogP contribution in [-0.2, 0) is 14.6 Å². The summed E-state index contributed by atoms with van der Waals surface area (Å²) >= 11 is 0. The Morgan fingerprint density at radius 1 is 1.44 bits per heavy atom. The lowest BCUT2D eigenvalue weighted by molar-refractivity contribution is -0.125. The minimum atomic E-state index is -2.94. The van der Waals surface area contributed by atoms with E-state index < -0.39 is 9.84 Å². The summed E-state index contributed by atoms with van der Waals surface area (Å²) in [6, 6.07) is 0. The average molecular weight is 247 g/mol. The lowest BCUT2D eigenvalue weighted by atomic mass is 9.87. The summed E-state index contributed by atoms with van der Waals surface area (Å²) in [6.07, 6.45) is 4.74. The molecular weight excluding hydrogens is 226 g/mol. The Bertz CT molecular complexity index is 342. The highest BCUT2D eigenvalue weighted by molar-refractivity contribution is 7.90. The van der Waals surface area contributed by atoms with Gasteiger partial charge in [-0.3, -0.25) is 4.79 Å². The second-order valence-electron chi connectivity index (χ2n) is 4.62. The number of ketones is 1. The second-order valence-corrected chi connectivity index (χ2v) is 6.88. The van der Waals surface area contributed by atoms with Crippen LogP contribution in [0.2, 0.25) is 0 Å². The van der Waals surface area contributed by atoms with Gasteiger partial charge in [-0.15, -0.1) is 0 Å². The molecule has 0 aromatic carbocycles. The van der Waals surface area contributed by atoms with Gasteiger partial charge in [0.1, 0.15) is 9.84 Å². The first kappa shape index (κ1) is 13.6. The highest BCUT2D eigenvalue weighted by Crippen LogP contribution is 2.25. The SMILES string of the molecule is CCC1(C(=O)CCCS(C)(=O)=O)CCCN1. The molecule has 4 nitrogen and oxygen atoms in total. The van der Waals surface area contributed by atoms with E-state index in [9.17, 15) is 13.2 Å². The quantitative estimate of drug-likeness (QED) is 0.758. The van der Waals surface area contributed by atoms with Gasteiger partial charge in [-0.05, 0) is 32.2 Å². The molecule has 1 saturated heterocycles. The topological polar surface area (TPSA) is 63.2 Å². The van der Waals surface area contributed by atoms with Crippen molar-refractivity contribution < 1.29 is 13.2 Å². The molecule has 1 rings (SSSR count). The molecule has 0 amide bonds. The van der Waals surface area contributed by atoms with Crippen molar-refractivity contribution in [3.05, 3.63) is 0 Å². The van der Waals surface area contributed by atoms with E-state index in [4.69, 9.17) is 0 Å². The van der Waals surface area contributed by atoms with Gasteiger partial charge in [0, 0.05) is 12.7 Å². The maximum Gasteiger partial charge on any atom is 0.152 e. The van der Waals surface area contributed by atoms with Crippen molar-refractivity contribution in [3.63, 3.8) is 0 Å². The average Bonchev–Trinajstić information content (AvgIpc) is 2.65. The summed E-state index contributed by atoms with van der Waals surface area (Å²) < 4.78 is 21.9. The first-order valence-corrected chi connectivity index (χ1v) is 7.92. The Hall–Kier alpha value is -0.420. The van der Waals surface area contributed by atoms with Gasteiger partial charge in [-0.25, -0.2) is 8.42 Å². The Kier molecular flexibility index (Phi) is 4.50. The van der Waals surface area contributed by atoms with Crippen molar-refractivity contribution in [3.8, 4) is 0 Å². The summed E-state index contributed by atoms with van der Waals surface area (Å²) in [5.41, 5.74) is -0.364. The van der Waals surface area contributed by atoms with Crippen LogP contribution in [0.25, 0.3) is 0 Å².